The monoisotopic (exact) mass is 146 g/mol. The summed E-state index contributed by atoms with van der Waals surface area (Å²) in [5, 5.41) is 1.38. The minimum Gasteiger partial charge on any atom is -0.0762 e. The maximum Gasteiger partial charge on any atom is 0.00499 e. The molecule has 0 nitrogen and oxygen atoms in total. The molecule has 46 valence electrons. The van der Waals surface area contributed by atoms with Crippen molar-refractivity contribution in [2.75, 3.05) is 0 Å². The summed E-state index contributed by atoms with van der Waals surface area (Å²) in [6, 6.07) is 0. The van der Waals surface area contributed by atoms with Gasteiger partial charge in [0.25, 0.3) is 0 Å². The van der Waals surface area contributed by atoms with E-state index < -0.39 is 0 Å². The maximum atomic E-state index is 4.84. The summed E-state index contributed by atoms with van der Waals surface area (Å²) in [5.74, 6) is 0. The summed E-state index contributed by atoms with van der Waals surface area (Å²) in [6.45, 7) is 4.27. The van der Waals surface area contributed by atoms with Crippen molar-refractivity contribution >= 4 is 19.2 Å². The zero-order valence-corrected chi connectivity index (χ0v) is 7.06. The van der Waals surface area contributed by atoms with Crippen LogP contribution in [-0.2, 0) is 11.8 Å². The van der Waals surface area contributed by atoms with E-state index in [1.807, 2.05) is 0 Å². The van der Waals surface area contributed by atoms with E-state index in [1.165, 1.54) is 5.31 Å². The number of hydrogen-bond donors (Lipinski definition) is 0. The van der Waals surface area contributed by atoms with Gasteiger partial charge in [-0.05, 0) is 18.2 Å². The van der Waals surface area contributed by atoms with Crippen LogP contribution in [0, 0.1) is 0 Å². The Morgan fingerprint density at radius 3 is 2.38 bits per heavy atom. The second kappa shape index (κ2) is 5.40. The summed E-state index contributed by atoms with van der Waals surface area (Å²) in [6.07, 6.45) is 4.43. The molecule has 0 radical (unpaired) electrons. The molecule has 0 rings (SSSR count). The predicted molar refractivity (Wildman–Crippen MR) is 43.0 cm³/mol. The summed E-state index contributed by atoms with van der Waals surface area (Å²) < 4.78 is 0. The van der Waals surface area contributed by atoms with Gasteiger partial charge in [0.15, 0.2) is 0 Å². The molecular formula is C6H11PS. The lowest BCUT2D eigenvalue weighted by atomic mass is 10.3. The van der Waals surface area contributed by atoms with Crippen LogP contribution in [0.4, 0.5) is 0 Å². The van der Waals surface area contributed by atoms with Gasteiger partial charge in [-0.2, -0.15) is 0 Å². The largest absolute Gasteiger partial charge is 0.0762 e. The van der Waals surface area contributed by atoms with Crippen LogP contribution in [-0.4, -0.2) is 0 Å². The number of rotatable bonds is 3. The number of hydrogen-bond acceptors (Lipinski definition) is 1. The topological polar surface area (TPSA) is 0 Å². The molecule has 0 atom stereocenters. The molecule has 0 saturated carbocycles. The Morgan fingerprint density at radius 1 is 1.62 bits per heavy atom. The van der Waals surface area contributed by atoms with E-state index in [9.17, 15) is 0 Å². The van der Waals surface area contributed by atoms with Gasteiger partial charge in [0.1, 0.15) is 0 Å². The molecule has 0 bridgehead atoms. The second-order valence-electron chi connectivity index (χ2n) is 1.55. The number of allylic oxidation sites excluding steroid dienone is 2. The highest BCUT2D eigenvalue weighted by atomic mass is 32.4. The van der Waals surface area contributed by atoms with Gasteiger partial charge in [-0.25, -0.2) is 0 Å². The van der Waals surface area contributed by atoms with Crippen molar-refractivity contribution in [1.29, 1.82) is 0 Å². The molecule has 0 aliphatic rings. The van der Waals surface area contributed by atoms with Gasteiger partial charge in [-0.1, -0.05) is 31.7 Å². The molecule has 0 heterocycles. The Hall–Kier alpha value is 0.260. The molecule has 2 heteroatoms. The van der Waals surface area contributed by atoms with E-state index in [1.54, 1.807) is 0 Å². The lowest BCUT2D eigenvalue weighted by molar-refractivity contribution is 1.14. The van der Waals surface area contributed by atoms with E-state index in [2.05, 4.69) is 19.9 Å². The third-order valence-electron chi connectivity index (χ3n) is 0.919. The van der Waals surface area contributed by atoms with E-state index in [0.29, 0.717) is 0 Å². The summed E-state index contributed by atoms with van der Waals surface area (Å²) in [7, 11) is 1.02. The first-order valence-electron chi connectivity index (χ1n) is 2.87. The normalized spacial score (nSPS) is 12.5. The van der Waals surface area contributed by atoms with Crippen LogP contribution in [0.3, 0.4) is 0 Å². The van der Waals surface area contributed by atoms with Gasteiger partial charge in [0.05, 0.1) is 0 Å². The molecule has 0 unspecified atom stereocenters. The second-order valence-corrected chi connectivity index (χ2v) is 2.85. The van der Waals surface area contributed by atoms with Crippen molar-refractivity contribution in [2.45, 2.75) is 26.7 Å². The molecule has 0 aromatic rings. The van der Waals surface area contributed by atoms with Gasteiger partial charge in [0, 0.05) is 7.36 Å². The lowest BCUT2D eigenvalue weighted by Gasteiger charge is -1.88. The fraction of sp³-hybridized carbons (Fsp3) is 0.667. The van der Waals surface area contributed by atoms with Crippen LogP contribution >= 0.6 is 7.36 Å². The predicted octanol–water partition coefficient (Wildman–Crippen LogP) is 3.10. The van der Waals surface area contributed by atoms with Crippen molar-refractivity contribution in [3.8, 4) is 0 Å². The van der Waals surface area contributed by atoms with Crippen LogP contribution in [0.1, 0.15) is 26.7 Å². The first-order valence-corrected chi connectivity index (χ1v) is 4.78. The van der Waals surface area contributed by atoms with Crippen LogP contribution in [0.25, 0.3) is 0 Å². The van der Waals surface area contributed by atoms with Crippen molar-refractivity contribution in [2.24, 2.45) is 0 Å². The minimum absolute atomic E-state index is 1.02. The van der Waals surface area contributed by atoms with Crippen LogP contribution in [0.5, 0.6) is 0 Å². The van der Waals surface area contributed by atoms with Gasteiger partial charge >= 0.3 is 0 Å². The van der Waals surface area contributed by atoms with Gasteiger partial charge in [-0.3, -0.25) is 0 Å². The third-order valence-corrected chi connectivity index (χ3v) is 2.36. The van der Waals surface area contributed by atoms with E-state index in [4.69, 9.17) is 11.8 Å². The maximum absolute atomic E-state index is 4.84. The molecule has 0 aromatic carbocycles. The highest BCUT2D eigenvalue weighted by Crippen LogP contribution is 2.15. The van der Waals surface area contributed by atoms with Crippen molar-refractivity contribution in [3.63, 3.8) is 0 Å². The van der Waals surface area contributed by atoms with Crippen LogP contribution in [0.15, 0.2) is 11.4 Å². The SMILES string of the molecule is CCC=C(CC)P=S. The van der Waals surface area contributed by atoms with Gasteiger partial charge in [-0.15, -0.1) is 0 Å². The molecule has 0 aliphatic heterocycles. The zero-order valence-electron chi connectivity index (χ0n) is 5.35. The molecule has 0 saturated heterocycles. The average molecular weight is 146 g/mol. The summed E-state index contributed by atoms with van der Waals surface area (Å²) >= 11 is 4.84. The molecule has 0 N–H and O–H groups in total. The Balaban J connectivity index is 3.66. The Bertz CT molecular complexity index is 96.7. The Morgan fingerprint density at radius 2 is 2.25 bits per heavy atom. The Labute approximate surface area is 57.8 Å². The summed E-state index contributed by atoms with van der Waals surface area (Å²) in [4.78, 5) is 0. The van der Waals surface area contributed by atoms with Crippen molar-refractivity contribution in [1.82, 2.24) is 0 Å². The third kappa shape index (κ3) is 3.29. The van der Waals surface area contributed by atoms with Crippen molar-refractivity contribution < 1.29 is 0 Å². The van der Waals surface area contributed by atoms with Crippen LogP contribution < -0.4 is 0 Å². The molecule has 0 fully saturated rings. The van der Waals surface area contributed by atoms with E-state index in [0.717, 1.165) is 20.2 Å². The standard InChI is InChI=1S/C6H11PS/c1-3-5-6(4-2)7-8/h5H,3-4H2,1-2H3. The first kappa shape index (κ1) is 8.26. The first-order chi connectivity index (χ1) is 3.85. The lowest BCUT2D eigenvalue weighted by Crippen LogP contribution is -1.64. The van der Waals surface area contributed by atoms with E-state index >= 15 is 0 Å². The minimum atomic E-state index is 1.02. The van der Waals surface area contributed by atoms with Gasteiger partial charge in [0.2, 0.25) is 0 Å². The molecular weight excluding hydrogens is 135 g/mol. The summed E-state index contributed by atoms with van der Waals surface area (Å²) in [5.41, 5.74) is 0. The highest BCUT2D eigenvalue weighted by Gasteiger charge is 1.83. The molecule has 0 amide bonds. The zero-order chi connectivity index (χ0) is 6.41. The fourth-order valence-corrected chi connectivity index (χ4v) is 1.48. The van der Waals surface area contributed by atoms with E-state index in [-0.39, 0.29) is 0 Å². The van der Waals surface area contributed by atoms with Crippen LogP contribution in [0.2, 0.25) is 0 Å². The molecule has 0 spiro atoms. The Kier molecular flexibility index (Phi) is 5.57. The molecule has 0 aliphatic carbocycles. The molecule has 0 aromatic heterocycles. The quantitative estimate of drug-likeness (QED) is 0.551. The smallest absolute Gasteiger partial charge is 0.00499 e. The highest BCUT2D eigenvalue weighted by molar-refractivity contribution is 7.98. The van der Waals surface area contributed by atoms with Crippen molar-refractivity contribution in [3.05, 3.63) is 11.4 Å². The van der Waals surface area contributed by atoms with Gasteiger partial charge < -0.3 is 0 Å². The fourth-order valence-electron chi connectivity index (χ4n) is 0.482. The molecule has 8 heavy (non-hydrogen) atoms. The average Bonchev–Trinajstić information content (AvgIpc) is 1.83.